The van der Waals surface area contributed by atoms with E-state index < -0.39 is 6.43 Å². The third-order valence-corrected chi connectivity index (χ3v) is 6.34. The molecule has 0 unspecified atom stereocenters. The highest BCUT2D eigenvalue weighted by molar-refractivity contribution is 5.94. The lowest BCUT2D eigenvalue weighted by Crippen LogP contribution is -2.50. The van der Waals surface area contributed by atoms with E-state index in [9.17, 15) is 13.6 Å². The second-order valence-electron chi connectivity index (χ2n) is 8.73. The third-order valence-electron chi connectivity index (χ3n) is 6.34. The summed E-state index contributed by atoms with van der Waals surface area (Å²) >= 11 is 0. The molecule has 1 fully saturated rings. The maximum Gasteiger partial charge on any atom is 0.338 e. The van der Waals surface area contributed by atoms with E-state index >= 15 is 0 Å². The van der Waals surface area contributed by atoms with Crippen molar-refractivity contribution >= 4 is 5.97 Å². The van der Waals surface area contributed by atoms with E-state index in [1.165, 1.54) is 17.8 Å². The number of carbonyl (C=O) groups excluding carboxylic acids is 1. The zero-order valence-electron chi connectivity index (χ0n) is 18.5. The highest BCUT2D eigenvalue weighted by atomic mass is 19.3. The summed E-state index contributed by atoms with van der Waals surface area (Å²) in [4.78, 5) is 17.9. The molecule has 2 atom stereocenters. The van der Waals surface area contributed by atoms with Crippen LogP contribution in [0.25, 0.3) is 5.69 Å². The van der Waals surface area contributed by atoms with Crippen molar-refractivity contribution in [3.05, 3.63) is 76.4 Å². The molecule has 0 bridgehead atoms. The van der Waals surface area contributed by atoms with Gasteiger partial charge in [-0.1, -0.05) is 6.07 Å². The fourth-order valence-electron chi connectivity index (χ4n) is 4.77. The van der Waals surface area contributed by atoms with Crippen molar-refractivity contribution in [1.29, 1.82) is 0 Å². The summed E-state index contributed by atoms with van der Waals surface area (Å²) in [6.07, 6.45) is 2.40. The molecule has 0 spiro atoms. The normalized spacial score (nSPS) is 20.8. The van der Waals surface area contributed by atoms with Crippen LogP contribution in [0.2, 0.25) is 0 Å². The van der Waals surface area contributed by atoms with Crippen LogP contribution in [0.15, 0.2) is 42.9 Å². The molecule has 33 heavy (non-hydrogen) atoms. The van der Waals surface area contributed by atoms with E-state index in [-0.39, 0.29) is 23.7 Å². The van der Waals surface area contributed by atoms with Crippen LogP contribution < -0.4 is 5.32 Å². The van der Waals surface area contributed by atoms with Gasteiger partial charge in [-0.25, -0.2) is 18.3 Å². The van der Waals surface area contributed by atoms with E-state index in [4.69, 9.17) is 4.74 Å². The number of halogens is 2. The molecule has 0 radical (unpaired) electrons. The second kappa shape index (κ2) is 8.64. The number of piperazine rings is 1. The number of benzene rings is 1. The summed E-state index contributed by atoms with van der Waals surface area (Å²) < 4.78 is 32.8. The highest BCUT2D eigenvalue weighted by Gasteiger charge is 2.30. The lowest BCUT2D eigenvalue weighted by atomic mass is 9.92. The SMILES string of the molecule is Cc1c([C@@H]2CN(Cc3cnn(-c4ccnc(C(F)F)c4)c3)C[C@H](C)N2)ccc2c1COC2=O. The minimum absolute atomic E-state index is 0.124. The van der Waals surface area contributed by atoms with Crippen LogP contribution in [-0.4, -0.2) is 44.8 Å². The summed E-state index contributed by atoms with van der Waals surface area (Å²) in [6, 6.07) is 7.31. The van der Waals surface area contributed by atoms with Gasteiger partial charge in [-0.15, -0.1) is 0 Å². The minimum Gasteiger partial charge on any atom is -0.457 e. The Morgan fingerprint density at radius 1 is 1.27 bits per heavy atom. The topological polar surface area (TPSA) is 72.3 Å². The van der Waals surface area contributed by atoms with Gasteiger partial charge in [0.1, 0.15) is 12.3 Å². The summed E-state index contributed by atoms with van der Waals surface area (Å²) in [5, 5.41) is 8.04. The zero-order valence-corrected chi connectivity index (χ0v) is 18.5. The molecule has 2 aromatic heterocycles. The van der Waals surface area contributed by atoms with Gasteiger partial charge in [0, 0.05) is 55.2 Å². The van der Waals surface area contributed by atoms with Gasteiger partial charge in [0.2, 0.25) is 0 Å². The van der Waals surface area contributed by atoms with E-state index in [1.54, 1.807) is 16.9 Å². The lowest BCUT2D eigenvalue weighted by Gasteiger charge is -2.38. The number of pyridine rings is 1. The average molecular weight is 453 g/mol. The van der Waals surface area contributed by atoms with Crippen LogP contribution in [0.5, 0.6) is 0 Å². The van der Waals surface area contributed by atoms with Crippen LogP contribution in [0.4, 0.5) is 8.78 Å². The monoisotopic (exact) mass is 453 g/mol. The summed E-state index contributed by atoms with van der Waals surface area (Å²) in [5.41, 5.74) is 5.22. The average Bonchev–Trinajstić information content (AvgIpc) is 3.41. The number of rotatable bonds is 5. The molecule has 0 saturated carbocycles. The lowest BCUT2D eigenvalue weighted by molar-refractivity contribution is 0.0535. The fourth-order valence-corrected chi connectivity index (χ4v) is 4.77. The molecule has 5 rings (SSSR count). The summed E-state index contributed by atoms with van der Waals surface area (Å²) in [6.45, 7) is 6.91. The molecule has 1 N–H and O–H groups in total. The number of esters is 1. The maximum atomic E-state index is 13.0. The van der Waals surface area contributed by atoms with Crippen molar-refractivity contribution in [2.45, 2.75) is 45.5 Å². The number of hydrogen-bond acceptors (Lipinski definition) is 6. The van der Waals surface area contributed by atoms with Crippen LogP contribution in [0.3, 0.4) is 0 Å². The number of ether oxygens (including phenoxy) is 1. The van der Waals surface area contributed by atoms with Crippen LogP contribution in [-0.2, 0) is 17.9 Å². The summed E-state index contributed by atoms with van der Waals surface area (Å²) in [7, 11) is 0. The number of hydrogen-bond donors (Lipinski definition) is 1. The first-order valence-electron chi connectivity index (χ1n) is 10.9. The molecule has 2 aliphatic rings. The van der Waals surface area contributed by atoms with Gasteiger partial charge in [0.05, 0.1) is 17.4 Å². The first-order chi connectivity index (χ1) is 15.9. The largest absolute Gasteiger partial charge is 0.457 e. The maximum absolute atomic E-state index is 13.0. The van der Waals surface area contributed by atoms with Crippen LogP contribution in [0, 0.1) is 6.92 Å². The van der Waals surface area contributed by atoms with Gasteiger partial charge < -0.3 is 10.1 Å². The number of cyclic esters (lactones) is 1. The molecule has 172 valence electrons. The van der Waals surface area contributed by atoms with Gasteiger partial charge in [-0.3, -0.25) is 9.88 Å². The standard InChI is InChI=1S/C24H25F2N5O2/c1-14-9-30(10-16-8-28-31(11-16)17-5-6-27-21(7-17)23(25)26)12-22(29-14)18-3-4-19-20(15(18)2)13-33-24(19)32/h3-8,11,14,22-23,29H,9-10,12-13H2,1-2H3/t14-,22-/m0/s1. The van der Waals surface area contributed by atoms with Gasteiger partial charge in [0.25, 0.3) is 6.43 Å². The number of fused-ring (bicyclic) bond motifs is 1. The van der Waals surface area contributed by atoms with E-state index in [0.717, 1.165) is 29.8 Å². The third kappa shape index (κ3) is 4.26. The smallest absolute Gasteiger partial charge is 0.338 e. The zero-order chi connectivity index (χ0) is 23.1. The first-order valence-corrected chi connectivity index (χ1v) is 10.9. The van der Waals surface area contributed by atoms with Crippen molar-refractivity contribution in [2.75, 3.05) is 13.1 Å². The molecular weight excluding hydrogens is 428 g/mol. The Morgan fingerprint density at radius 3 is 2.94 bits per heavy atom. The van der Waals surface area contributed by atoms with Crippen LogP contribution >= 0.6 is 0 Å². The molecule has 7 nitrogen and oxygen atoms in total. The van der Waals surface area contributed by atoms with Crippen molar-refractivity contribution in [1.82, 2.24) is 25.0 Å². The molecule has 1 saturated heterocycles. The van der Waals surface area contributed by atoms with Gasteiger partial charge in [0.15, 0.2) is 0 Å². The number of aromatic nitrogens is 3. The molecule has 0 aliphatic carbocycles. The molecule has 4 heterocycles. The van der Waals surface area contributed by atoms with Gasteiger partial charge in [-0.2, -0.15) is 5.10 Å². The van der Waals surface area contributed by atoms with Crippen molar-refractivity contribution in [3.63, 3.8) is 0 Å². The first kappa shape index (κ1) is 21.7. The Hall–Kier alpha value is -3.17. The minimum atomic E-state index is -2.62. The highest BCUT2D eigenvalue weighted by Crippen LogP contribution is 2.31. The molecule has 1 aromatic carbocycles. The number of carbonyl (C=O) groups is 1. The van der Waals surface area contributed by atoms with E-state index in [1.807, 2.05) is 25.3 Å². The van der Waals surface area contributed by atoms with Crippen molar-refractivity contribution in [2.24, 2.45) is 0 Å². The number of nitrogens with zero attached hydrogens (tertiary/aromatic N) is 4. The Bertz CT molecular complexity index is 1200. The predicted molar refractivity (Wildman–Crippen MR) is 117 cm³/mol. The predicted octanol–water partition coefficient (Wildman–Crippen LogP) is 3.72. The molecule has 3 aromatic rings. The van der Waals surface area contributed by atoms with Gasteiger partial charge >= 0.3 is 5.97 Å². The van der Waals surface area contributed by atoms with Crippen LogP contribution in [0.1, 0.15) is 57.7 Å². The molecule has 0 amide bonds. The van der Waals surface area contributed by atoms with E-state index in [2.05, 4.69) is 27.2 Å². The number of alkyl halides is 2. The molecule has 9 heteroatoms. The Balaban J connectivity index is 1.32. The Morgan fingerprint density at radius 2 is 2.12 bits per heavy atom. The van der Waals surface area contributed by atoms with E-state index in [0.29, 0.717) is 24.4 Å². The second-order valence-corrected chi connectivity index (χ2v) is 8.73. The Labute approximate surface area is 190 Å². The molecular formula is C24H25F2N5O2. The summed E-state index contributed by atoms with van der Waals surface area (Å²) in [5.74, 6) is -0.252. The molecule has 2 aliphatic heterocycles. The quantitative estimate of drug-likeness (QED) is 0.594. The Kier molecular flexibility index (Phi) is 5.67. The fraction of sp³-hybridized carbons (Fsp3) is 0.375. The van der Waals surface area contributed by atoms with Crippen molar-refractivity contribution in [3.8, 4) is 5.69 Å². The van der Waals surface area contributed by atoms with Crippen molar-refractivity contribution < 1.29 is 18.3 Å². The van der Waals surface area contributed by atoms with Gasteiger partial charge in [-0.05, 0) is 43.2 Å². The number of nitrogens with one attached hydrogen (secondary N) is 1.